The average Bonchev–Trinajstić information content (AvgIpc) is 3.03. The summed E-state index contributed by atoms with van der Waals surface area (Å²) in [6.45, 7) is 13.0. The minimum absolute atomic E-state index is 0.0684. The van der Waals surface area contributed by atoms with E-state index in [0.717, 1.165) is 5.57 Å². The molecule has 0 aromatic carbocycles. The fourth-order valence-corrected chi connectivity index (χ4v) is 13.1. The molecule has 49 heavy (non-hydrogen) atoms. The Labute approximate surface area is 289 Å². The molecule has 4 saturated carbocycles. The standard InChI is InChI=1S/C37H60O12/c1-31(2)10-12-37(30(47)49-28-25(44)24(43)23(42)20(16-38)48-28)13-11-34(5)22(36(37,7)29(31)46)9-8-21-32(3)14-19(41)27(45)33(4,17-39)26(32)18(40)15-35(21,34)6/h9,18-21,23-29,38-46H,8,10-17H2,1-7H3. The third-order valence-electron chi connectivity index (χ3n) is 16.0. The third kappa shape index (κ3) is 4.61. The summed E-state index contributed by atoms with van der Waals surface area (Å²) in [6.07, 6.45) is -7.14. The highest BCUT2D eigenvalue weighted by atomic mass is 16.7. The van der Waals surface area contributed by atoms with Gasteiger partial charge in [-0.05, 0) is 72.5 Å². The highest BCUT2D eigenvalue weighted by molar-refractivity contribution is 5.80. The number of esters is 1. The number of carbonyl (C=O) groups is 1. The second kappa shape index (κ2) is 11.7. The van der Waals surface area contributed by atoms with Crippen molar-refractivity contribution in [2.45, 2.75) is 149 Å². The minimum atomic E-state index is -1.76. The van der Waals surface area contributed by atoms with Crippen LogP contribution in [0.1, 0.15) is 93.4 Å². The topological polar surface area (TPSA) is 218 Å². The van der Waals surface area contributed by atoms with Crippen molar-refractivity contribution in [3.63, 3.8) is 0 Å². The van der Waals surface area contributed by atoms with Crippen LogP contribution in [0.3, 0.4) is 0 Å². The van der Waals surface area contributed by atoms with Crippen molar-refractivity contribution in [2.24, 2.45) is 49.7 Å². The van der Waals surface area contributed by atoms with Gasteiger partial charge in [-0.2, -0.15) is 0 Å². The molecule has 17 unspecified atom stereocenters. The molecule has 17 atom stereocenters. The molecular weight excluding hydrogens is 636 g/mol. The first-order valence-corrected chi connectivity index (χ1v) is 18.1. The van der Waals surface area contributed by atoms with Crippen LogP contribution in [-0.4, -0.2) is 120 Å². The maximum absolute atomic E-state index is 14.6. The number of allylic oxidation sites excluding steroid dienone is 1. The van der Waals surface area contributed by atoms with E-state index in [-0.39, 0.29) is 18.9 Å². The van der Waals surface area contributed by atoms with E-state index in [4.69, 9.17) is 9.47 Å². The zero-order valence-corrected chi connectivity index (χ0v) is 30.0. The maximum Gasteiger partial charge on any atom is 0.315 e. The van der Waals surface area contributed by atoms with Gasteiger partial charge in [0.1, 0.15) is 24.4 Å². The number of fused-ring (bicyclic) bond motifs is 7. The van der Waals surface area contributed by atoms with Gasteiger partial charge >= 0.3 is 5.97 Å². The number of hydrogen-bond acceptors (Lipinski definition) is 12. The summed E-state index contributed by atoms with van der Waals surface area (Å²) in [5.74, 6) is -1.24. The van der Waals surface area contributed by atoms with Crippen molar-refractivity contribution in [1.82, 2.24) is 0 Å². The first-order valence-electron chi connectivity index (χ1n) is 18.1. The van der Waals surface area contributed by atoms with Gasteiger partial charge in [0.2, 0.25) is 6.29 Å². The molecule has 1 aliphatic heterocycles. The van der Waals surface area contributed by atoms with Gasteiger partial charge in [-0.15, -0.1) is 0 Å². The first-order chi connectivity index (χ1) is 22.6. The van der Waals surface area contributed by atoms with E-state index >= 15 is 0 Å². The minimum Gasteiger partial charge on any atom is -0.432 e. The van der Waals surface area contributed by atoms with Crippen molar-refractivity contribution < 1.29 is 60.2 Å². The zero-order chi connectivity index (χ0) is 36.5. The Hall–Kier alpha value is -1.19. The van der Waals surface area contributed by atoms with Crippen molar-refractivity contribution in [1.29, 1.82) is 0 Å². The Bertz CT molecular complexity index is 1350. The fraction of sp³-hybridized carbons (Fsp3) is 0.919. The van der Waals surface area contributed by atoms with Crippen molar-refractivity contribution in [2.75, 3.05) is 13.2 Å². The van der Waals surface area contributed by atoms with Gasteiger partial charge in [-0.1, -0.05) is 60.1 Å². The smallest absolute Gasteiger partial charge is 0.315 e. The lowest BCUT2D eigenvalue weighted by atomic mass is 9.30. The molecule has 0 amide bonds. The summed E-state index contributed by atoms with van der Waals surface area (Å²) in [4.78, 5) is 14.6. The quantitative estimate of drug-likeness (QED) is 0.147. The van der Waals surface area contributed by atoms with E-state index in [1.807, 2.05) is 20.8 Å². The Morgan fingerprint density at radius 2 is 1.47 bits per heavy atom. The highest BCUT2D eigenvalue weighted by Gasteiger charge is 2.76. The largest absolute Gasteiger partial charge is 0.432 e. The molecular formula is C37H60O12. The van der Waals surface area contributed by atoms with Crippen LogP contribution in [0.4, 0.5) is 0 Å². The van der Waals surface area contributed by atoms with Gasteiger partial charge in [0.05, 0.1) is 43.0 Å². The van der Waals surface area contributed by atoms with Crippen LogP contribution in [0.5, 0.6) is 0 Å². The number of hydrogen-bond donors (Lipinski definition) is 9. The Kier molecular flexibility index (Phi) is 8.93. The van der Waals surface area contributed by atoms with Crippen LogP contribution < -0.4 is 0 Å². The molecule has 0 radical (unpaired) electrons. The lowest BCUT2D eigenvalue weighted by molar-refractivity contribution is -0.302. The molecule has 0 spiro atoms. The Balaban J connectivity index is 1.45. The molecule has 12 heteroatoms. The van der Waals surface area contributed by atoms with Gasteiger partial charge in [-0.25, -0.2) is 0 Å². The summed E-state index contributed by atoms with van der Waals surface area (Å²) in [7, 11) is 0. The number of rotatable bonds is 4. The van der Waals surface area contributed by atoms with E-state index in [9.17, 15) is 50.8 Å². The van der Waals surface area contributed by atoms with E-state index in [0.29, 0.717) is 38.5 Å². The Morgan fingerprint density at radius 3 is 2.08 bits per heavy atom. The van der Waals surface area contributed by atoms with Gasteiger partial charge in [-0.3, -0.25) is 4.79 Å². The van der Waals surface area contributed by atoms with Crippen molar-refractivity contribution >= 4 is 5.97 Å². The first kappa shape index (κ1) is 37.6. The molecule has 6 aliphatic rings. The maximum atomic E-state index is 14.6. The fourth-order valence-electron chi connectivity index (χ4n) is 13.1. The van der Waals surface area contributed by atoms with Gasteiger partial charge < -0.3 is 55.4 Å². The summed E-state index contributed by atoms with van der Waals surface area (Å²) in [5.41, 5.74) is -5.07. The van der Waals surface area contributed by atoms with Crippen LogP contribution in [0, 0.1) is 49.7 Å². The van der Waals surface area contributed by atoms with Crippen LogP contribution in [-0.2, 0) is 14.3 Å². The SMILES string of the molecule is CC1(C)CCC2(C(=O)OC3OC(CO)C(O)C(O)C3O)CCC3(C)C(=CCC4C5(C)CC(O)C(O)C(C)(CO)C5C(O)CC43C)C2(C)C1O. The highest BCUT2D eigenvalue weighted by Crippen LogP contribution is 2.78. The number of aliphatic hydroxyl groups is 9. The predicted octanol–water partition coefficient (Wildman–Crippen LogP) is 0.767. The van der Waals surface area contributed by atoms with Gasteiger partial charge in [0.25, 0.3) is 0 Å². The lowest BCUT2D eigenvalue weighted by Gasteiger charge is -2.74. The molecule has 0 bridgehead atoms. The zero-order valence-electron chi connectivity index (χ0n) is 30.0. The van der Waals surface area contributed by atoms with Gasteiger partial charge in [0.15, 0.2) is 0 Å². The predicted molar refractivity (Wildman–Crippen MR) is 175 cm³/mol. The number of aliphatic hydroxyl groups excluding tert-OH is 9. The molecule has 5 fully saturated rings. The summed E-state index contributed by atoms with van der Waals surface area (Å²) in [5, 5.41) is 98.6. The number of ether oxygens (including phenoxy) is 2. The molecule has 5 aliphatic carbocycles. The lowest BCUT2D eigenvalue weighted by Crippen LogP contribution is -2.73. The molecule has 0 aromatic rings. The van der Waals surface area contributed by atoms with E-state index in [1.54, 1.807) is 6.92 Å². The van der Waals surface area contributed by atoms with Gasteiger partial charge in [0, 0.05) is 16.7 Å². The Morgan fingerprint density at radius 1 is 0.837 bits per heavy atom. The van der Waals surface area contributed by atoms with Crippen LogP contribution in [0.2, 0.25) is 0 Å². The molecule has 0 aromatic heterocycles. The second-order valence-corrected chi connectivity index (χ2v) is 18.6. The summed E-state index contributed by atoms with van der Waals surface area (Å²) >= 11 is 0. The van der Waals surface area contributed by atoms with E-state index in [2.05, 4.69) is 26.8 Å². The summed E-state index contributed by atoms with van der Waals surface area (Å²) < 4.78 is 11.5. The summed E-state index contributed by atoms with van der Waals surface area (Å²) in [6, 6.07) is 0. The molecule has 280 valence electrons. The molecule has 6 rings (SSSR count). The molecule has 1 heterocycles. The second-order valence-electron chi connectivity index (χ2n) is 18.6. The monoisotopic (exact) mass is 696 g/mol. The van der Waals surface area contributed by atoms with E-state index in [1.165, 1.54) is 0 Å². The molecule has 1 saturated heterocycles. The van der Waals surface area contributed by atoms with Crippen LogP contribution in [0.15, 0.2) is 11.6 Å². The van der Waals surface area contributed by atoms with E-state index < -0.39 is 112 Å². The van der Waals surface area contributed by atoms with Crippen LogP contribution >= 0.6 is 0 Å². The molecule has 9 N–H and O–H groups in total. The van der Waals surface area contributed by atoms with Crippen LogP contribution in [0.25, 0.3) is 0 Å². The van der Waals surface area contributed by atoms with Crippen molar-refractivity contribution in [3.8, 4) is 0 Å². The number of carbonyl (C=O) groups excluding carboxylic acids is 1. The normalized spacial score (nSPS) is 56.7. The van der Waals surface area contributed by atoms with Crippen molar-refractivity contribution in [3.05, 3.63) is 11.6 Å². The third-order valence-corrected chi connectivity index (χ3v) is 16.0. The molecule has 12 nitrogen and oxygen atoms in total. The average molecular weight is 697 g/mol.